The summed E-state index contributed by atoms with van der Waals surface area (Å²) in [4.78, 5) is 6.12. The third kappa shape index (κ3) is 2.51. The zero-order valence-electron chi connectivity index (χ0n) is 8.96. The number of pyridine rings is 1. The molecule has 1 aromatic rings. The summed E-state index contributed by atoms with van der Waals surface area (Å²) in [5.41, 5.74) is 0. The minimum absolute atomic E-state index is 0.222. The van der Waals surface area contributed by atoms with Gasteiger partial charge in [0, 0.05) is 24.5 Å². The number of halogens is 3. The van der Waals surface area contributed by atoms with E-state index < -0.39 is 11.6 Å². The summed E-state index contributed by atoms with van der Waals surface area (Å²) in [6.07, 6.45) is 3.25. The second kappa shape index (κ2) is 4.65. The molecule has 1 aromatic heterocycles. The van der Waals surface area contributed by atoms with Gasteiger partial charge in [-0.15, -0.1) is 0 Å². The van der Waals surface area contributed by atoms with E-state index in [1.54, 1.807) is 11.9 Å². The molecule has 0 aliphatic heterocycles. The average molecular weight is 291 g/mol. The van der Waals surface area contributed by atoms with Crippen LogP contribution in [0.4, 0.5) is 14.6 Å². The normalized spacial score (nSPS) is 24.0. The van der Waals surface area contributed by atoms with Crippen LogP contribution in [0.1, 0.15) is 12.8 Å². The molecule has 5 heteroatoms. The monoisotopic (exact) mass is 290 g/mol. The molecule has 0 unspecified atom stereocenters. The van der Waals surface area contributed by atoms with Crippen molar-refractivity contribution in [2.45, 2.75) is 17.7 Å². The van der Waals surface area contributed by atoms with E-state index in [0.29, 0.717) is 10.7 Å². The van der Waals surface area contributed by atoms with E-state index in [1.807, 2.05) is 0 Å². The van der Waals surface area contributed by atoms with Crippen LogP contribution in [0.25, 0.3) is 0 Å². The largest absolute Gasteiger partial charge is 0.357 e. The highest BCUT2D eigenvalue weighted by atomic mass is 79.9. The second-order valence-corrected chi connectivity index (χ2v) is 5.57. The molecule has 0 bridgehead atoms. The number of alkyl halides is 1. The fourth-order valence-electron chi connectivity index (χ4n) is 1.97. The lowest BCUT2D eigenvalue weighted by molar-refractivity contribution is 0.337. The van der Waals surface area contributed by atoms with Gasteiger partial charge in [0.2, 0.25) is 0 Å². The molecule has 1 aliphatic carbocycles. The van der Waals surface area contributed by atoms with Gasteiger partial charge in [-0.05, 0) is 18.8 Å². The molecule has 0 amide bonds. The van der Waals surface area contributed by atoms with Crippen LogP contribution in [-0.4, -0.2) is 23.4 Å². The first-order valence-electron chi connectivity index (χ1n) is 5.22. The maximum Gasteiger partial charge on any atom is 0.168 e. The Morgan fingerprint density at radius 2 is 2.19 bits per heavy atom. The summed E-state index contributed by atoms with van der Waals surface area (Å²) >= 11 is 3.51. The van der Waals surface area contributed by atoms with E-state index in [4.69, 9.17) is 0 Å². The fraction of sp³-hybridized carbons (Fsp3) is 0.545. The van der Waals surface area contributed by atoms with Gasteiger partial charge in [-0.1, -0.05) is 15.9 Å². The zero-order chi connectivity index (χ0) is 11.7. The number of nitrogens with zero attached hydrogens (tertiary/aromatic N) is 2. The molecule has 0 N–H and O–H groups in total. The molecule has 1 saturated carbocycles. The first kappa shape index (κ1) is 11.8. The highest BCUT2D eigenvalue weighted by Crippen LogP contribution is 2.34. The minimum Gasteiger partial charge on any atom is -0.357 e. The Kier molecular flexibility index (Phi) is 3.42. The van der Waals surface area contributed by atoms with Crippen molar-refractivity contribution in [1.82, 2.24) is 4.98 Å². The molecule has 0 aromatic carbocycles. The Morgan fingerprint density at radius 3 is 2.75 bits per heavy atom. The number of rotatable bonds is 3. The lowest BCUT2D eigenvalue weighted by atomic mass is 9.85. The Morgan fingerprint density at radius 1 is 1.50 bits per heavy atom. The van der Waals surface area contributed by atoms with Gasteiger partial charge in [0.25, 0.3) is 0 Å². The van der Waals surface area contributed by atoms with Gasteiger partial charge in [-0.25, -0.2) is 13.8 Å². The van der Waals surface area contributed by atoms with Crippen molar-refractivity contribution >= 4 is 21.7 Å². The number of anilines is 1. The van der Waals surface area contributed by atoms with E-state index in [1.165, 1.54) is 0 Å². The Balaban J connectivity index is 2.00. The molecular weight excluding hydrogens is 278 g/mol. The lowest BCUT2D eigenvalue weighted by Crippen LogP contribution is -2.35. The zero-order valence-corrected chi connectivity index (χ0v) is 10.5. The first-order chi connectivity index (χ1) is 7.56. The molecule has 2 rings (SSSR count). The van der Waals surface area contributed by atoms with Crippen LogP contribution in [0, 0.1) is 17.6 Å². The molecule has 1 aliphatic rings. The summed E-state index contributed by atoms with van der Waals surface area (Å²) in [7, 11) is 1.78. The Bertz CT molecular complexity index is 380. The summed E-state index contributed by atoms with van der Waals surface area (Å²) in [5, 5.41) is 0. The van der Waals surface area contributed by atoms with E-state index in [0.717, 1.165) is 31.6 Å². The smallest absolute Gasteiger partial charge is 0.168 e. The van der Waals surface area contributed by atoms with Crippen molar-refractivity contribution < 1.29 is 8.78 Å². The molecule has 0 spiro atoms. The predicted molar refractivity (Wildman–Crippen MR) is 62.9 cm³/mol. The van der Waals surface area contributed by atoms with Crippen molar-refractivity contribution in [2.75, 3.05) is 18.5 Å². The van der Waals surface area contributed by atoms with E-state index in [9.17, 15) is 8.78 Å². The van der Waals surface area contributed by atoms with Crippen molar-refractivity contribution in [3.05, 3.63) is 23.9 Å². The van der Waals surface area contributed by atoms with E-state index in [-0.39, 0.29) is 5.82 Å². The van der Waals surface area contributed by atoms with Gasteiger partial charge in [0.1, 0.15) is 5.82 Å². The average Bonchev–Trinajstić information content (AvgIpc) is 2.15. The molecule has 1 fully saturated rings. The van der Waals surface area contributed by atoms with Crippen molar-refractivity contribution in [3.63, 3.8) is 0 Å². The molecule has 88 valence electrons. The number of aromatic nitrogens is 1. The van der Waals surface area contributed by atoms with E-state index >= 15 is 0 Å². The molecule has 0 atom stereocenters. The Labute approximate surface area is 102 Å². The molecule has 2 nitrogen and oxygen atoms in total. The minimum atomic E-state index is -0.640. The fourth-order valence-corrected chi connectivity index (χ4v) is 3.02. The van der Waals surface area contributed by atoms with Gasteiger partial charge in [0.15, 0.2) is 11.6 Å². The number of hydrogen-bond donors (Lipinski definition) is 0. The molecule has 16 heavy (non-hydrogen) atoms. The summed E-state index contributed by atoms with van der Waals surface area (Å²) < 4.78 is 26.1. The topological polar surface area (TPSA) is 16.1 Å². The Hall–Kier alpha value is -0.710. The SMILES string of the molecule is CN(CC1CC(Br)C1)c1ncc(F)cc1F. The van der Waals surface area contributed by atoms with Gasteiger partial charge in [0.05, 0.1) is 6.20 Å². The predicted octanol–water partition coefficient (Wildman–Crippen LogP) is 2.97. The van der Waals surface area contributed by atoms with Crippen LogP contribution in [0.3, 0.4) is 0 Å². The summed E-state index contributed by atoms with van der Waals surface area (Å²) in [6.45, 7) is 0.762. The summed E-state index contributed by atoms with van der Waals surface area (Å²) in [5.74, 6) is -0.448. The quantitative estimate of drug-likeness (QED) is 0.796. The maximum atomic E-state index is 13.4. The molecular formula is C11H13BrF2N2. The molecule has 0 radical (unpaired) electrons. The van der Waals surface area contributed by atoms with Gasteiger partial charge in [-0.2, -0.15) is 0 Å². The van der Waals surface area contributed by atoms with Crippen LogP contribution < -0.4 is 4.90 Å². The van der Waals surface area contributed by atoms with Crippen molar-refractivity contribution in [1.29, 1.82) is 0 Å². The highest BCUT2D eigenvalue weighted by molar-refractivity contribution is 9.09. The second-order valence-electron chi connectivity index (χ2n) is 4.27. The maximum absolute atomic E-state index is 13.4. The van der Waals surface area contributed by atoms with Crippen LogP contribution in [0.5, 0.6) is 0 Å². The lowest BCUT2D eigenvalue weighted by Gasteiger charge is -2.34. The highest BCUT2D eigenvalue weighted by Gasteiger charge is 2.28. The van der Waals surface area contributed by atoms with Gasteiger partial charge < -0.3 is 4.90 Å². The molecule has 0 saturated heterocycles. The van der Waals surface area contributed by atoms with Crippen molar-refractivity contribution in [3.8, 4) is 0 Å². The standard InChI is InChI=1S/C11H13BrF2N2/c1-16(6-7-2-8(12)3-7)11-10(14)4-9(13)5-15-11/h4-5,7-8H,2-3,6H2,1H3. The van der Waals surface area contributed by atoms with Gasteiger partial charge >= 0.3 is 0 Å². The first-order valence-corrected chi connectivity index (χ1v) is 6.14. The van der Waals surface area contributed by atoms with Crippen LogP contribution in [-0.2, 0) is 0 Å². The van der Waals surface area contributed by atoms with Gasteiger partial charge in [-0.3, -0.25) is 0 Å². The van der Waals surface area contributed by atoms with Crippen LogP contribution in [0.2, 0.25) is 0 Å². The number of hydrogen-bond acceptors (Lipinski definition) is 2. The van der Waals surface area contributed by atoms with Crippen LogP contribution >= 0.6 is 15.9 Å². The van der Waals surface area contributed by atoms with Crippen molar-refractivity contribution in [2.24, 2.45) is 5.92 Å². The summed E-state index contributed by atoms with van der Waals surface area (Å²) in [6, 6.07) is 0.868. The molecule has 1 heterocycles. The van der Waals surface area contributed by atoms with E-state index in [2.05, 4.69) is 20.9 Å². The third-order valence-electron chi connectivity index (χ3n) is 2.86. The van der Waals surface area contributed by atoms with Crippen LogP contribution in [0.15, 0.2) is 12.3 Å². The third-order valence-corrected chi connectivity index (χ3v) is 3.61.